The van der Waals surface area contributed by atoms with Gasteiger partial charge in [-0.2, -0.15) is 13.2 Å². The minimum atomic E-state index is -4.86. The molecule has 0 saturated heterocycles. The molecule has 0 saturated carbocycles. The van der Waals surface area contributed by atoms with Crippen molar-refractivity contribution >= 4 is 17.6 Å². The average molecular weight is 407 g/mol. The fourth-order valence-corrected chi connectivity index (χ4v) is 4.31. The van der Waals surface area contributed by atoms with Crippen molar-refractivity contribution in [3.63, 3.8) is 0 Å². The van der Waals surface area contributed by atoms with Gasteiger partial charge in [-0.1, -0.05) is 54.1 Å². The maximum absolute atomic E-state index is 13.9. The highest BCUT2D eigenvalue weighted by atomic mass is 35.5. The third-order valence-electron chi connectivity index (χ3n) is 5.41. The lowest BCUT2D eigenvalue weighted by Crippen LogP contribution is -2.46. The number of aliphatic hydroxyl groups is 1. The van der Waals surface area contributed by atoms with Gasteiger partial charge in [0.2, 0.25) is 0 Å². The van der Waals surface area contributed by atoms with E-state index in [1.807, 2.05) is 0 Å². The summed E-state index contributed by atoms with van der Waals surface area (Å²) < 4.78 is 41.8. The lowest BCUT2D eigenvalue weighted by Gasteiger charge is -2.33. The lowest BCUT2D eigenvalue weighted by molar-refractivity contribution is -0.278. The maximum atomic E-state index is 13.9. The van der Waals surface area contributed by atoms with Gasteiger partial charge in [0.1, 0.15) is 0 Å². The molecule has 2 N–H and O–H groups in total. The first kappa shape index (κ1) is 18.8. The van der Waals surface area contributed by atoms with Gasteiger partial charge in [-0.05, 0) is 40.5 Å². The number of carboxylic acids is 1. The van der Waals surface area contributed by atoms with Gasteiger partial charge in [-0.3, -0.25) is 0 Å². The Balaban J connectivity index is 1.88. The van der Waals surface area contributed by atoms with Gasteiger partial charge in [0.05, 0.1) is 10.6 Å². The van der Waals surface area contributed by atoms with Crippen LogP contribution in [0.4, 0.5) is 13.2 Å². The van der Waals surface area contributed by atoms with Crippen LogP contribution < -0.4 is 0 Å². The van der Waals surface area contributed by atoms with Gasteiger partial charge >= 0.3 is 12.1 Å². The summed E-state index contributed by atoms with van der Waals surface area (Å²) in [5.74, 6) is -2.90. The molecule has 0 spiro atoms. The predicted octanol–water partition coefficient (Wildman–Crippen LogP) is 5.29. The molecule has 144 valence electrons. The fourth-order valence-electron chi connectivity index (χ4n) is 4.05. The van der Waals surface area contributed by atoms with Crippen LogP contribution in [0.5, 0.6) is 0 Å². The molecule has 0 heterocycles. The first-order chi connectivity index (χ1) is 13.1. The number of benzene rings is 2. The monoisotopic (exact) mass is 406 g/mol. The number of fused-ring (bicyclic) bond motifs is 3. The highest BCUT2D eigenvalue weighted by Gasteiger charge is 2.65. The third-order valence-corrected chi connectivity index (χ3v) is 5.72. The van der Waals surface area contributed by atoms with Gasteiger partial charge < -0.3 is 10.2 Å². The zero-order valence-electron chi connectivity index (χ0n) is 14.2. The van der Waals surface area contributed by atoms with E-state index < -0.39 is 29.6 Å². The molecule has 3 unspecified atom stereocenters. The Hall–Kier alpha value is -2.57. The fraction of sp³-hybridized carbons (Fsp3) is 0.190. The normalized spacial score (nSPS) is 25.5. The van der Waals surface area contributed by atoms with E-state index in [0.29, 0.717) is 16.7 Å². The van der Waals surface area contributed by atoms with Crippen molar-refractivity contribution in [1.29, 1.82) is 0 Å². The Labute approximate surface area is 163 Å². The van der Waals surface area contributed by atoms with E-state index in [9.17, 15) is 23.1 Å². The molecule has 0 bridgehead atoms. The van der Waals surface area contributed by atoms with Crippen molar-refractivity contribution < 1.29 is 28.2 Å². The summed E-state index contributed by atoms with van der Waals surface area (Å²) in [5.41, 5.74) is -2.01. The quantitative estimate of drug-likeness (QED) is 0.712. The number of allylic oxidation sites excluding steroid dienone is 3. The van der Waals surface area contributed by atoms with E-state index in [2.05, 4.69) is 0 Å². The van der Waals surface area contributed by atoms with Crippen molar-refractivity contribution in [2.24, 2.45) is 5.92 Å². The Kier molecular flexibility index (Phi) is 4.17. The molecule has 3 nitrogen and oxygen atoms in total. The van der Waals surface area contributed by atoms with Crippen molar-refractivity contribution in [1.82, 2.24) is 0 Å². The second kappa shape index (κ2) is 6.22. The molecule has 2 aromatic rings. The summed E-state index contributed by atoms with van der Waals surface area (Å²) >= 11 is 5.99. The predicted molar refractivity (Wildman–Crippen MR) is 98.3 cm³/mol. The van der Waals surface area contributed by atoms with Gasteiger partial charge in [-0.25, -0.2) is 4.79 Å². The van der Waals surface area contributed by atoms with Crippen molar-refractivity contribution in [2.75, 3.05) is 0 Å². The summed E-state index contributed by atoms with van der Waals surface area (Å²) in [7, 11) is 0. The molecular formula is C21H14ClF3O3. The number of alkyl halides is 3. The molecule has 0 aliphatic heterocycles. The van der Waals surface area contributed by atoms with Crippen LogP contribution >= 0.6 is 11.6 Å². The van der Waals surface area contributed by atoms with Gasteiger partial charge in [0, 0.05) is 11.8 Å². The number of carbonyl (C=O) groups is 1. The van der Waals surface area contributed by atoms with Gasteiger partial charge in [-0.15, -0.1) is 0 Å². The van der Waals surface area contributed by atoms with E-state index >= 15 is 0 Å². The molecule has 0 fully saturated rings. The summed E-state index contributed by atoms with van der Waals surface area (Å²) in [6.45, 7) is 0. The van der Waals surface area contributed by atoms with E-state index in [-0.39, 0.29) is 16.1 Å². The number of hydrogen-bond donors (Lipinski definition) is 2. The topological polar surface area (TPSA) is 57.5 Å². The van der Waals surface area contributed by atoms with Gasteiger partial charge in [0.25, 0.3) is 0 Å². The number of hydrogen-bond acceptors (Lipinski definition) is 2. The Morgan fingerprint density at radius 1 is 1.04 bits per heavy atom. The first-order valence-corrected chi connectivity index (χ1v) is 8.84. The van der Waals surface area contributed by atoms with Crippen LogP contribution in [0.3, 0.4) is 0 Å². The van der Waals surface area contributed by atoms with Crippen molar-refractivity contribution in [3.8, 4) is 11.1 Å². The molecule has 0 amide bonds. The molecular weight excluding hydrogens is 393 g/mol. The zero-order valence-corrected chi connectivity index (χ0v) is 15.0. The molecule has 0 aromatic heterocycles. The van der Waals surface area contributed by atoms with Crippen LogP contribution in [-0.2, 0) is 5.60 Å². The number of halogens is 4. The summed E-state index contributed by atoms with van der Waals surface area (Å²) in [6, 6.07) is 8.71. The van der Waals surface area contributed by atoms with Crippen LogP contribution in [-0.4, -0.2) is 22.4 Å². The Morgan fingerprint density at radius 2 is 1.68 bits per heavy atom. The molecule has 3 atom stereocenters. The molecule has 2 aliphatic rings. The second-order valence-corrected chi connectivity index (χ2v) is 7.29. The average Bonchev–Trinajstić information content (AvgIpc) is 2.91. The van der Waals surface area contributed by atoms with Crippen LogP contribution in [0.1, 0.15) is 27.4 Å². The minimum absolute atomic E-state index is 0.0175. The van der Waals surface area contributed by atoms with E-state index in [1.54, 1.807) is 24.3 Å². The van der Waals surface area contributed by atoms with Crippen LogP contribution in [0.2, 0.25) is 5.02 Å². The highest BCUT2D eigenvalue weighted by molar-refractivity contribution is 6.33. The SMILES string of the molecule is O=C(O)c1ccc(-c2ccc3c(c2)C(O)(C(F)(F)F)C2C=CC=CC32)cc1Cl. The number of rotatable bonds is 2. The van der Waals surface area contributed by atoms with E-state index in [0.717, 1.165) is 0 Å². The van der Waals surface area contributed by atoms with Gasteiger partial charge in [0.15, 0.2) is 5.60 Å². The largest absolute Gasteiger partial charge is 0.478 e. The highest BCUT2D eigenvalue weighted by Crippen LogP contribution is 2.58. The minimum Gasteiger partial charge on any atom is -0.478 e. The molecule has 0 radical (unpaired) electrons. The van der Waals surface area contributed by atoms with Crippen molar-refractivity contribution in [3.05, 3.63) is 82.4 Å². The number of aromatic carboxylic acids is 1. The van der Waals surface area contributed by atoms with Crippen LogP contribution in [0, 0.1) is 5.92 Å². The zero-order chi connectivity index (χ0) is 20.3. The molecule has 2 aromatic carbocycles. The summed E-state index contributed by atoms with van der Waals surface area (Å²) in [4.78, 5) is 11.1. The smallest absolute Gasteiger partial charge is 0.422 e. The maximum Gasteiger partial charge on any atom is 0.422 e. The summed E-state index contributed by atoms with van der Waals surface area (Å²) in [6.07, 6.45) is 1.36. The Bertz CT molecular complexity index is 1040. The van der Waals surface area contributed by atoms with Crippen LogP contribution in [0.25, 0.3) is 11.1 Å². The standard InChI is InChI=1S/C21H14ClF3O3/c22-18-10-12(6-8-15(18)19(26)27)11-5-7-14-13-3-1-2-4-16(13)20(28,17(14)9-11)21(23,24)25/h1-10,13,16,28H,(H,26,27). The molecule has 4 rings (SSSR count). The first-order valence-electron chi connectivity index (χ1n) is 8.46. The summed E-state index contributed by atoms with van der Waals surface area (Å²) in [5, 5.41) is 19.9. The molecule has 28 heavy (non-hydrogen) atoms. The lowest BCUT2D eigenvalue weighted by atomic mass is 9.80. The molecule has 7 heteroatoms. The third kappa shape index (κ3) is 2.59. The second-order valence-electron chi connectivity index (χ2n) is 6.89. The number of carboxylic acid groups (broad SMARTS) is 1. The van der Waals surface area contributed by atoms with E-state index in [4.69, 9.17) is 16.7 Å². The van der Waals surface area contributed by atoms with Crippen molar-refractivity contribution in [2.45, 2.75) is 17.7 Å². The van der Waals surface area contributed by atoms with E-state index in [1.165, 1.54) is 36.4 Å². The molecule has 2 aliphatic carbocycles. The Morgan fingerprint density at radius 3 is 2.32 bits per heavy atom. The van der Waals surface area contributed by atoms with Crippen LogP contribution in [0.15, 0.2) is 60.7 Å².